The Morgan fingerprint density at radius 1 is 0.324 bits per heavy atom. The van der Waals surface area contributed by atoms with E-state index in [2.05, 4.69) is 171 Å². The summed E-state index contributed by atoms with van der Waals surface area (Å²) in [5.74, 6) is 3.90. The van der Waals surface area contributed by atoms with Crippen molar-refractivity contribution in [3.05, 3.63) is 169 Å². The van der Waals surface area contributed by atoms with Crippen molar-refractivity contribution in [2.45, 2.75) is 39.5 Å². The van der Waals surface area contributed by atoms with Gasteiger partial charge in [0.05, 0.1) is 11.4 Å². The lowest BCUT2D eigenvalue weighted by molar-refractivity contribution is 0.171. The summed E-state index contributed by atoms with van der Waals surface area (Å²) in [7, 11) is 0. The van der Waals surface area contributed by atoms with Crippen molar-refractivity contribution in [3.8, 4) is 23.0 Å². The largest absolute Gasteiger partial charge is 0.486 e. The van der Waals surface area contributed by atoms with Crippen molar-refractivity contribution in [3.63, 3.8) is 0 Å². The highest BCUT2D eigenvalue weighted by molar-refractivity contribution is 6.28. The normalized spacial score (nSPS) is 13.5. The first-order valence-corrected chi connectivity index (χ1v) is 23.6. The third kappa shape index (κ3) is 6.73. The van der Waals surface area contributed by atoms with E-state index in [9.17, 15) is 0 Å². The SMILES string of the molecule is CC(C)c1ccc(N(c2ccc3c(c2)OCCO3)c2ccc3cc4c(cc3c2)oc2ccc3oc5cc6cc(N(c7ccc(C(C)C)cc7)c7ccc8c(c7)OCCO8)ccc6cc5c3c24)cc1. The number of nitrogens with zero attached hydrogens (tertiary/aromatic N) is 2. The van der Waals surface area contributed by atoms with Crippen molar-refractivity contribution >= 4 is 99.5 Å². The quantitative estimate of drug-likeness (QED) is 0.149. The van der Waals surface area contributed by atoms with Gasteiger partial charge in [-0.05, 0) is 154 Å². The van der Waals surface area contributed by atoms with Gasteiger partial charge in [-0.2, -0.15) is 0 Å². The van der Waals surface area contributed by atoms with E-state index in [4.69, 9.17) is 27.8 Å². The first kappa shape index (κ1) is 40.2. The van der Waals surface area contributed by atoms with Gasteiger partial charge in [0.25, 0.3) is 0 Å². The minimum absolute atomic E-state index is 0.432. The summed E-state index contributed by atoms with van der Waals surface area (Å²) in [5, 5.41) is 8.59. The van der Waals surface area contributed by atoms with Crippen molar-refractivity contribution in [2.75, 3.05) is 36.2 Å². The zero-order valence-electron chi connectivity index (χ0n) is 38.3. The molecule has 2 aliphatic rings. The van der Waals surface area contributed by atoms with Crippen LogP contribution >= 0.6 is 0 Å². The molecule has 0 amide bonds. The maximum Gasteiger partial charge on any atom is 0.163 e. The molecule has 0 fully saturated rings. The Kier molecular flexibility index (Phi) is 9.32. The number of benzene rings is 9. The summed E-state index contributed by atoms with van der Waals surface area (Å²) in [6, 6.07) is 56.3. The van der Waals surface area contributed by atoms with Crippen LogP contribution in [0, 0.1) is 0 Å². The Labute approximate surface area is 393 Å². The van der Waals surface area contributed by atoms with Crippen LogP contribution in [-0.4, -0.2) is 26.4 Å². The fraction of sp³-hybridized carbons (Fsp3) is 0.167. The lowest BCUT2D eigenvalue weighted by Crippen LogP contribution is -2.16. The van der Waals surface area contributed by atoms with E-state index >= 15 is 0 Å². The number of anilines is 6. The average molecular weight is 893 g/mol. The van der Waals surface area contributed by atoms with Gasteiger partial charge >= 0.3 is 0 Å². The van der Waals surface area contributed by atoms with Crippen LogP contribution in [-0.2, 0) is 0 Å². The molecule has 13 rings (SSSR count). The van der Waals surface area contributed by atoms with E-state index in [0.29, 0.717) is 38.3 Å². The minimum Gasteiger partial charge on any atom is -0.486 e. The number of rotatable bonds is 8. The molecule has 0 N–H and O–H groups in total. The highest BCUT2D eigenvalue weighted by atomic mass is 16.6. The molecule has 11 aromatic rings. The van der Waals surface area contributed by atoms with E-state index in [-0.39, 0.29) is 0 Å². The molecule has 2 aliphatic heterocycles. The summed E-state index contributed by atoms with van der Waals surface area (Å²) in [6.45, 7) is 11.0. The molecule has 0 spiro atoms. The summed E-state index contributed by atoms with van der Waals surface area (Å²) in [5.41, 5.74) is 12.0. The van der Waals surface area contributed by atoms with Gasteiger partial charge in [0.15, 0.2) is 23.0 Å². The van der Waals surface area contributed by atoms with Crippen LogP contribution in [0.5, 0.6) is 23.0 Å². The molecular weight excluding hydrogens is 845 g/mol. The molecule has 8 nitrogen and oxygen atoms in total. The third-order valence-corrected chi connectivity index (χ3v) is 13.7. The van der Waals surface area contributed by atoms with Gasteiger partial charge in [0.1, 0.15) is 48.8 Å². The average Bonchev–Trinajstić information content (AvgIpc) is 3.92. The smallest absolute Gasteiger partial charge is 0.163 e. The van der Waals surface area contributed by atoms with Crippen molar-refractivity contribution < 1.29 is 27.8 Å². The van der Waals surface area contributed by atoms with E-state index < -0.39 is 0 Å². The standard InChI is InChI=1S/C60H48N2O6/c1-35(2)37-5-11-43(12-6-37)61(47-17-19-51-57(33-47)65-25-23-63-51)45-15-9-39-29-49-55(31-41(39)27-45)67-53-21-22-54-60(59(49)53)50-30-40-10-16-46(28-42(40)32-56(50)68-54)62(44-13-7-38(8-14-44)36(3)4)48-18-20-52-58(34-48)66-26-24-64-52/h5-22,27-36H,23-26H2,1-4H3. The fourth-order valence-electron chi connectivity index (χ4n) is 10.1. The molecule has 68 heavy (non-hydrogen) atoms. The van der Waals surface area contributed by atoms with Crippen molar-refractivity contribution in [1.82, 2.24) is 0 Å². The van der Waals surface area contributed by atoms with Gasteiger partial charge < -0.3 is 37.6 Å². The van der Waals surface area contributed by atoms with E-state index in [1.165, 1.54) is 11.1 Å². The predicted molar refractivity (Wildman–Crippen MR) is 276 cm³/mol. The molecule has 334 valence electrons. The second-order valence-electron chi connectivity index (χ2n) is 18.6. The monoisotopic (exact) mass is 892 g/mol. The topological polar surface area (TPSA) is 69.7 Å². The second-order valence-corrected chi connectivity index (χ2v) is 18.6. The minimum atomic E-state index is 0.432. The van der Waals surface area contributed by atoms with Crippen LogP contribution in [0.25, 0.3) is 65.4 Å². The van der Waals surface area contributed by atoms with Gasteiger partial charge in [-0.3, -0.25) is 0 Å². The highest BCUT2D eigenvalue weighted by Crippen LogP contribution is 2.46. The fourth-order valence-corrected chi connectivity index (χ4v) is 10.1. The van der Waals surface area contributed by atoms with E-state index in [1.807, 2.05) is 24.3 Å². The molecule has 0 aliphatic carbocycles. The number of hydrogen-bond donors (Lipinski definition) is 0. The van der Waals surface area contributed by atoms with Crippen molar-refractivity contribution in [2.24, 2.45) is 0 Å². The molecular formula is C60H48N2O6. The number of ether oxygens (including phenoxy) is 4. The Morgan fingerprint density at radius 2 is 0.691 bits per heavy atom. The number of hydrogen-bond acceptors (Lipinski definition) is 8. The molecule has 8 heteroatoms. The van der Waals surface area contributed by atoms with Crippen molar-refractivity contribution in [1.29, 1.82) is 0 Å². The van der Waals surface area contributed by atoms with Gasteiger partial charge in [-0.15, -0.1) is 0 Å². The van der Waals surface area contributed by atoms with Crippen LogP contribution in [0.4, 0.5) is 34.1 Å². The molecule has 0 atom stereocenters. The first-order valence-electron chi connectivity index (χ1n) is 23.6. The van der Waals surface area contributed by atoms with Gasteiger partial charge in [-0.25, -0.2) is 0 Å². The highest BCUT2D eigenvalue weighted by Gasteiger charge is 2.23. The van der Waals surface area contributed by atoms with Gasteiger partial charge in [0.2, 0.25) is 0 Å². The first-order chi connectivity index (χ1) is 33.3. The summed E-state index contributed by atoms with van der Waals surface area (Å²) < 4.78 is 37.3. The molecule has 4 heterocycles. The van der Waals surface area contributed by atoms with E-state index in [1.54, 1.807) is 0 Å². The van der Waals surface area contributed by atoms with E-state index in [0.717, 1.165) is 123 Å². The predicted octanol–water partition coefficient (Wildman–Crippen LogP) is 16.5. The van der Waals surface area contributed by atoms with Gasteiger partial charge in [0, 0.05) is 56.4 Å². The van der Waals surface area contributed by atoms with Crippen LogP contribution < -0.4 is 28.7 Å². The summed E-state index contributed by atoms with van der Waals surface area (Å²) in [6.07, 6.45) is 0. The van der Waals surface area contributed by atoms with Crippen LogP contribution in [0.2, 0.25) is 0 Å². The summed E-state index contributed by atoms with van der Waals surface area (Å²) in [4.78, 5) is 4.55. The molecule has 0 bridgehead atoms. The number of furan rings is 2. The van der Waals surface area contributed by atoms with Crippen LogP contribution in [0.15, 0.2) is 167 Å². The second kappa shape index (κ2) is 15.8. The lowest BCUT2D eigenvalue weighted by Gasteiger charge is -2.28. The lowest BCUT2D eigenvalue weighted by atomic mass is 10.00. The Hall–Kier alpha value is -8.10. The summed E-state index contributed by atoms with van der Waals surface area (Å²) >= 11 is 0. The third-order valence-electron chi connectivity index (χ3n) is 13.7. The molecule has 0 saturated heterocycles. The molecule has 0 radical (unpaired) electrons. The Morgan fingerprint density at radius 3 is 1.10 bits per heavy atom. The van der Waals surface area contributed by atoms with Gasteiger partial charge in [-0.1, -0.05) is 64.1 Å². The number of fused-ring (bicyclic) bond motifs is 11. The Bertz CT molecular complexity index is 3520. The zero-order valence-corrected chi connectivity index (χ0v) is 38.3. The van der Waals surface area contributed by atoms with Crippen LogP contribution in [0.1, 0.15) is 50.7 Å². The maximum absolute atomic E-state index is 6.72. The molecule has 9 aromatic carbocycles. The Balaban J connectivity index is 0.912. The van der Waals surface area contributed by atoms with Crippen LogP contribution in [0.3, 0.4) is 0 Å². The zero-order chi connectivity index (χ0) is 45.6. The maximum atomic E-state index is 6.72. The molecule has 0 unspecified atom stereocenters. The molecule has 0 saturated carbocycles. The molecule has 2 aromatic heterocycles.